The molecule has 0 aliphatic heterocycles. The van der Waals surface area contributed by atoms with Crippen LogP contribution >= 0.6 is 0 Å². The number of hydrogen-bond donors (Lipinski definition) is 0. The fraction of sp³-hybridized carbons (Fsp3) is 1.00. The Labute approximate surface area is 43.2 Å². The van der Waals surface area contributed by atoms with Gasteiger partial charge in [0.2, 0.25) is 0 Å². The van der Waals surface area contributed by atoms with E-state index in [1.54, 1.807) is 0 Å². The van der Waals surface area contributed by atoms with Gasteiger partial charge in [0.1, 0.15) is 0 Å². The van der Waals surface area contributed by atoms with Crippen molar-refractivity contribution in [3.63, 3.8) is 0 Å². The summed E-state index contributed by atoms with van der Waals surface area (Å²) in [5.74, 6) is 0. The van der Waals surface area contributed by atoms with E-state index in [0.29, 0.717) is 17.4 Å². The van der Waals surface area contributed by atoms with Crippen LogP contribution in [0.4, 0.5) is 0 Å². The predicted molar refractivity (Wildman–Crippen MR) is 27.8 cm³/mol. The predicted octanol–water partition coefficient (Wildman–Crippen LogP) is 1.68. The average Bonchev–Trinajstić information content (AvgIpc) is 1.41. The summed E-state index contributed by atoms with van der Waals surface area (Å²) in [4.78, 5) is 3.00. The number of rotatable bonds is 2. The summed E-state index contributed by atoms with van der Waals surface area (Å²) in [5.41, 5.74) is 0. The van der Waals surface area contributed by atoms with Crippen molar-refractivity contribution in [1.29, 1.82) is 0 Å². The van der Waals surface area contributed by atoms with Crippen LogP contribution in [-0.2, 0) is 0 Å². The molecule has 30 valence electrons. The van der Waals surface area contributed by atoms with Crippen molar-refractivity contribution in [2.24, 2.45) is 0 Å². The monoisotopic (exact) mass is 128 g/mol. The molecule has 0 atom stereocenters. The zero-order valence-corrected chi connectivity index (χ0v) is 6.41. The van der Waals surface area contributed by atoms with Crippen LogP contribution in [-0.4, -0.2) is 17.4 Å². The average molecular weight is 129 g/mol. The largest absolute Gasteiger partial charge is 1.00 e. The molecule has 0 unspecified atom stereocenters. The Kier molecular flexibility index (Phi) is 5.23. The van der Waals surface area contributed by atoms with E-state index in [4.69, 9.17) is 0 Å². The molecule has 0 saturated heterocycles. The van der Waals surface area contributed by atoms with Crippen molar-refractivity contribution < 1.29 is 1.43 Å². The van der Waals surface area contributed by atoms with Crippen LogP contribution in [0.25, 0.3) is 0 Å². The third-order valence-electron chi connectivity index (χ3n) is 0.577. The van der Waals surface area contributed by atoms with Crippen LogP contribution in [0.2, 0.25) is 9.95 Å². The maximum absolute atomic E-state index is 2.28. The topological polar surface area (TPSA) is 0 Å². The van der Waals surface area contributed by atoms with Gasteiger partial charge >= 0.3 is 41.2 Å². The number of hydrogen-bond acceptors (Lipinski definition) is 0. The quantitative estimate of drug-likeness (QED) is 0.497. The molecule has 0 radical (unpaired) electrons. The second-order valence-electron chi connectivity index (χ2n) is 1.11. The zero-order chi connectivity index (χ0) is 4.12. The molecule has 0 fully saturated rings. The van der Waals surface area contributed by atoms with Gasteiger partial charge < -0.3 is 1.43 Å². The van der Waals surface area contributed by atoms with E-state index < -0.39 is 0 Å². The minimum Gasteiger partial charge on any atom is -1.00 e. The van der Waals surface area contributed by atoms with Crippen LogP contribution in [0.1, 0.15) is 15.3 Å². The van der Waals surface area contributed by atoms with Gasteiger partial charge in [-0.2, -0.15) is 0 Å². The summed E-state index contributed by atoms with van der Waals surface area (Å²) in [6.07, 6.45) is 0. The van der Waals surface area contributed by atoms with Gasteiger partial charge in [0.15, 0.2) is 0 Å². The molecule has 0 aliphatic carbocycles. The molecule has 0 saturated carbocycles. The standard InChI is InChI=1S/2C2H5.Ga.H/c2*1-2;;/h2*1H2,2H3;;/q;;+1;-1. The summed E-state index contributed by atoms with van der Waals surface area (Å²) in [6, 6.07) is 0. The van der Waals surface area contributed by atoms with Gasteiger partial charge in [-0.05, 0) is 0 Å². The minimum absolute atomic E-state index is 0. The molecule has 0 aromatic carbocycles. The van der Waals surface area contributed by atoms with Crippen molar-refractivity contribution >= 4 is 17.4 Å². The molecule has 0 nitrogen and oxygen atoms in total. The van der Waals surface area contributed by atoms with Crippen molar-refractivity contribution in [3.05, 3.63) is 0 Å². The molecule has 0 spiro atoms. The minimum atomic E-state index is 0. The molecule has 0 bridgehead atoms. The summed E-state index contributed by atoms with van der Waals surface area (Å²) < 4.78 is 0. The zero-order valence-electron chi connectivity index (χ0n) is 4.99. The van der Waals surface area contributed by atoms with Crippen molar-refractivity contribution in [1.82, 2.24) is 0 Å². The summed E-state index contributed by atoms with van der Waals surface area (Å²) in [7, 11) is 0. The van der Waals surface area contributed by atoms with Crippen molar-refractivity contribution in [2.75, 3.05) is 0 Å². The first-order valence-corrected chi connectivity index (χ1v) is 5.66. The normalized spacial score (nSPS) is 6.80. The summed E-state index contributed by atoms with van der Waals surface area (Å²) >= 11 is 0.312. The first-order chi connectivity index (χ1) is 2.41. The summed E-state index contributed by atoms with van der Waals surface area (Å²) in [6.45, 7) is 4.56. The smallest absolute Gasteiger partial charge is 1.00 e. The van der Waals surface area contributed by atoms with E-state index in [0.717, 1.165) is 0 Å². The Hall–Kier alpha value is 0.636. The van der Waals surface area contributed by atoms with Gasteiger partial charge in [-0.1, -0.05) is 0 Å². The van der Waals surface area contributed by atoms with Crippen LogP contribution in [0, 0.1) is 0 Å². The van der Waals surface area contributed by atoms with Gasteiger partial charge in [-0.3, -0.25) is 0 Å². The fourth-order valence-electron chi connectivity index (χ4n) is 0.289. The van der Waals surface area contributed by atoms with Gasteiger partial charge in [-0.15, -0.1) is 0 Å². The third kappa shape index (κ3) is 4.64. The molecule has 5 heavy (non-hydrogen) atoms. The van der Waals surface area contributed by atoms with E-state index in [2.05, 4.69) is 13.8 Å². The fourth-order valence-corrected chi connectivity index (χ4v) is 1.50. The van der Waals surface area contributed by atoms with E-state index in [1.165, 1.54) is 9.95 Å². The second-order valence-corrected chi connectivity index (χ2v) is 5.74. The van der Waals surface area contributed by atoms with Gasteiger partial charge in [-0.25, -0.2) is 0 Å². The SMILES string of the molecule is C[CH2][Ga+][CH2]C.[H-]. The third-order valence-corrected chi connectivity index (χ3v) is 3.00. The van der Waals surface area contributed by atoms with Crippen LogP contribution < -0.4 is 0 Å². The summed E-state index contributed by atoms with van der Waals surface area (Å²) in [5, 5.41) is 0. The molecule has 0 heterocycles. The molecular weight excluding hydrogens is 118 g/mol. The van der Waals surface area contributed by atoms with E-state index >= 15 is 0 Å². The van der Waals surface area contributed by atoms with E-state index in [9.17, 15) is 0 Å². The molecular formula is C4H11Ga. The van der Waals surface area contributed by atoms with E-state index in [-0.39, 0.29) is 1.43 Å². The molecule has 1 heteroatoms. The van der Waals surface area contributed by atoms with Gasteiger partial charge in [0.05, 0.1) is 0 Å². The molecule has 0 rings (SSSR count). The molecule has 0 amide bonds. The van der Waals surface area contributed by atoms with Gasteiger partial charge in [0, 0.05) is 0 Å². The van der Waals surface area contributed by atoms with Crippen LogP contribution in [0.15, 0.2) is 0 Å². The Balaban J connectivity index is 0. The van der Waals surface area contributed by atoms with Gasteiger partial charge in [0.25, 0.3) is 0 Å². The Bertz CT molecular complexity index is 15.0. The van der Waals surface area contributed by atoms with Crippen LogP contribution in [0.3, 0.4) is 0 Å². The Morgan fingerprint density at radius 2 is 1.80 bits per heavy atom. The molecule has 0 aromatic heterocycles. The molecule has 0 N–H and O–H groups in total. The van der Waals surface area contributed by atoms with E-state index in [1.807, 2.05) is 0 Å². The molecule has 0 aliphatic rings. The maximum Gasteiger partial charge on any atom is -1.00 e. The Morgan fingerprint density at radius 1 is 1.40 bits per heavy atom. The Morgan fingerprint density at radius 3 is 1.80 bits per heavy atom. The molecule has 0 aromatic rings. The first kappa shape index (κ1) is 5.64. The van der Waals surface area contributed by atoms with Crippen molar-refractivity contribution in [3.8, 4) is 0 Å². The second kappa shape index (κ2) is 4.64. The first-order valence-electron chi connectivity index (χ1n) is 2.23. The van der Waals surface area contributed by atoms with Crippen molar-refractivity contribution in [2.45, 2.75) is 23.8 Å². The van der Waals surface area contributed by atoms with Crippen LogP contribution in [0.5, 0.6) is 0 Å². The maximum atomic E-state index is 2.28.